The number of halogens is 3. The third-order valence-electron chi connectivity index (χ3n) is 8.78. The normalized spacial score (nSPS) is 17.8. The molecule has 4 aromatic rings. The number of aryl methyl sites for hydroxylation is 1. The lowest BCUT2D eigenvalue weighted by molar-refractivity contribution is -0.130. The zero-order valence-electron chi connectivity index (χ0n) is 25.8. The van der Waals surface area contributed by atoms with Crippen LogP contribution < -0.4 is 15.4 Å². The third-order valence-corrected chi connectivity index (χ3v) is 8.78. The average Bonchev–Trinajstić information content (AvgIpc) is 3.00. The van der Waals surface area contributed by atoms with Crippen molar-refractivity contribution in [3.63, 3.8) is 0 Å². The van der Waals surface area contributed by atoms with Crippen LogP contribution in [0.2, 0.25) is 0 Å². The highest BCUT2D eigenvalue weighted by atomic mass is 19.1. The summed E-state index contributed by atoms with van der Waals surface area (Å²) < 4.78 is 49.5. The van der Waals surface area contributed by atoms with E-state index in [9.17, 15) is 19.5 Å². The molecule has 0 radical (unpaired) electrons. The number of benzene rings is 2. The smallest absolute Gasteiger partial charge is 0.281 e. The Balaban J connectivity index is 1.80. The molecule has 2 aromatic heterocycles. The molecule has 2 aromatic carbocycles. The van der Waals surface area contributed by atoms with Gasteiger partial charge in [-0.3, -0.25) is 19.0 Å². The first kappa shape index (κ1) is 30.8. The van der Waals surface area contributed by atoms with Crippen LogP contribution in [-0.2, 0) is 9.59 Å². The highest BCUT2D eigenvalue weighted by Crippen LogP contribution is 2.46. The number of piperazine rings is 1. The number of phenolic OH excluding ortho intramolecular Hbond substituents is 1. The fraction of sp³-hybridized carbons (Fsp3) is 0.303. The summed E-state index contributed by atoms with van der Waals surface area (Å²) in [6.07, 6.45) is 2.45. The van der Waals surface area contributed by atoms with Gasteiger partial charge in [0.25, 0.3) is 11.5 Å². The highest BCUT2D eigenvalue weighted by Gasteiger charge is 2.46. The number of hydrogen-bond donors (Lipinski definition) is 1. The van der Waals surface area contributed by atoms with Gasteiger partial charge in [-0.25, -0.2) is 23.1 Å². The van der Waals surface area contributed by atoms with Crippen LogP contribution in [0.15, 0.2) is 48.0 Å². The number of anilines is 2. The minimum absolute atomic E-state index is 0.0548. The quantitative estimate of drug-likeness (QED) is 0.328. The lowest BCUT2D eigenvalue weighted by Gasteiger charge is -2.50. The number of pyridine rings is 1. The minimum Gasteiger partial charge on any atom is -0.507 e. The molecule has 2 aliphatic heterocycles. The number of fused-ring (bicyclic) bond motifs is 5. The second-order valence-electron chi connectivity index (χ2n) is 11.9. The maximum absolute atomic E-state index is 17.1. The van der Waals surface area contributed by atoms with Crippen LogP contribution in [0.4, 0.5) is 24.5 Å². The van der Waals surface area contributed by atoms with Crippen molar-refractivity contribution in [2.75, 3.05) is 29.9 Å². The molecular formula is C33H31F3N6O4. The van der Waals surface area contributed by atoms with Crippen molar-refractivity contribution in [1.82, 2.24) is 19.4 Å². The van der Waals surface area contributed by atoms with Gasteiger partial charge in [0, 0.05) is 25.0 Å². The van der Waals surface area contributed by atoms with E-state index in [1.807, 2.05) is 13.8 Å². The van der Waals surface area contributed by atoms with E-state index in [-0.39, 0.29) is 47.4 Å². The van der Waals surface area contributed by atoms with Gasteiger partial charge in [0.15, 0.2) is 5.82 Å². The van der Waals surface area contributed by atoms with E-state index < -0.39 is 63.4 Å². The van der Waals surface area contributed by atoms with Crippen LogP contribution in [-0.4, -0.2) is 68.6 Å². The maximum atomic E-state index is 17.1. The monoisotopic (exact) mass is 632 g/mol. The molecule has 13 heteroatoms. The van der Waals surface area contributed by atoms with Gasteiger partial charge in [0.2, 0.25) is 5.91 Å². The van der Waals surface area contributed by atoms with Crippen molar-refractivity contribution in [1.29, 1.82) is 0 Å². The Labute approximate surface area is 262 Å². The first-order valence-electron chi connectivity index (χ1n) is 14.7. The first-order valence-corrected chi connectivity index (χ1v) is 14.7. The Kier molecular flexibility index (Phi) is 7.37. The topological polar surface area (TPSA) is 112 Å². The Morgan fingerprint density at radius 3 is 2.43 bits per heavy atom. The molecule has 0 bridgehead atoms. The molecule has 10 nitrogen and oxygen atoms in total. The van der Waals surface area contributed by atoms with Crippen LogP contribution in [0.1, 0.15) is 38.1 Å². The second-order valence-corrected chi connectivity index (χ2v) is 11.9. The zero-order valence-corrected chi connectivity index (χ0v) is 25.8. The van der Waals surface area contributed by atoms with E-state index in [2.05, 4.69) is 16.5 Å². The van der Waals surface area contributed by atoms with Crippen molar-refractivity contribution in [3.05, 3.63) is 82.4 Å². The molecule has 6 rings (SSSR count). The number of nitrogens with zero attached hydrogens (tertiary/aromatic N) is 6. The fourth-order valence-electron chi connectivity index (χ4n) is 6.62. The number of aromatic hydroxyl groups is 1. The largest absolute Gasteiger partial charge is 0.507 e. The SMILES string of the molecule is C=CC(=O)N1CC2C(=O)N(C)c3c(c4cc(F)c(-c5c(O)cccc5F)c(F)c4n(-c4c(C)ncnc4C(C)C)c3=O)N2CC1C. The van der Waals surface area contributed by atoms with Crippen LogP contribution >= 0.6 is 0 Å². The summed E-state index contributed by atoms with van der Waals surface area (Å²) in [4.78, 5) is 54.1. The third kappa shape index (κ3) is 4.36. The number of carbonyl (C=O) groups excluding carboxylic acids is 2. The van der Waals surface area contributed by atoms with Gasteiger partial charge in [-0.15, -0.1) is 0 Å². The molecule has 0 saturated carbocycles. The molecule has 2 atom stereocenters. The summed E-state index contributed by atoms with van der Waals surface area (Å²) in [7, 11) is 1.39. The van der Waals surface area contributed by atoms with E-state index in [0.717, 1.165) is 33.7 Å². The standard InChI is InChI=1S/C33H31F3N6O4/c1-7-23(44)40-13-21-32(45)39(6)31-30(41(21)12-16(40)4)18-11-20(35)25(24-19(34)9-8-10-22(24)43)26(36)29(18)42(33(31)46)28-17(5)37-14-38-27(28)15(2)3/h7-11,14-16,21,43H,1,12-13H2,2-6H3. The molecule has 46 heavy (non-hydrogen) atoms. The molecule has 2 aliphatic rings. The molecular weight excluding hydrogens is 601 g/mol. The summed E-state index contributed by atoms with van der Waals surface area (Å²) in [6, 6.07) is 2.79. The van der Waals surface area contributed by atoms with Gasteiger partial charge in [-0.2, -0.15) is 0 Å². The number of rotatable bonds is 4. The minimum atomic E-state index is -1.31. The number of likely N-dealkylation sites (N-methyl/N-ethyl adjacent to an activating group) is 1. The predicted octanol–water partition coefficient (Wildman–Crippen LogP) is 4.57. The Morgan fingerprint density at radius 2 is 1.78 bits per heavy atom. The zero-order chi connectivity index (χ0) is 33.4. The van der Waals surface area contributed by atoms with Crippen LogP contribution in [0, 0.1) is 24.4 Å². The number of amides is 2. The summed E-state index contributed by atoms with van der Waals surface area (Å²) in [6.45, 7) is 10.5. The van der Waals surface area contributed by atoms with Crippen molar-refractivity contribution >= 4 is 34.1 Å². The lowest BCUT2D eigenvalue weighted by Crippen LogP contribution is -2.66. The van der Waals surface area contributed by atoms with Crippen molar-refractivity contribution < 1.29 is 27.9 Å². The molecule has 238 valence electrons. The van der Waals surface area contributed by atoms with E-state index in [1.165, 1.54) is 24.3 Å². The van der Waals surface area contributed by atoms with Crippen molar-refractivity contribution in [2.45, 2.75) is 45.7 Å². The van der Waals surface area contributed by atoms with Gasteiger partial charge < -0.3 is 19.8 Å². The molecule has 1 N–H and O–H groups in total. The number of hydrogen-bond acceptors (Lipinski definition) is 7. The lowest BCUT2D eigenvalue weighted by atomic mass is 9.95. The fourth-order valence-corrected chi connectivity index (χ4v) is 6.62. The number of phenols is 1. The summed E-state index contributed by atoms with van der Waals surface area (Å²) in [5, 5.41) is 10.5. The molecule has 0 aliphatic carbocycles. The van der Waals surface area contributed by atoms with Gasteiger partial charge >= 0.3 is 0 Å². The molecule has 1 saturated heterocycles. The van der Waals surface area contributed by atoms with Crippen molar-refractivity contribution in [2.24, 2.45) is 0 Å². The summed E-state index contributed by atoms with van der Waals surface area (Å²) in [5.41, 5.74) is -2.06. The van der Waals surface area contributed by atoms with E-state index in [0.29, 0.717) is 11.4 Å². The van der Waals surface area contributed by atoms with E-state index in [4.69, 9.17) is 0 Å². The Morgan fingerprint density at radius 1 is 1.07 bits per heavy atom. The van der Waals surface area contributed by atoms with Gasteiger partial charge in [0.1, 0.15) is 35.4 Å². The van der Waals surface area contributed by atoms with Crippen molar-refractivity contribution in [3.8, 4) is 22.6 Å². The van der Waals surface area contributed by atoms with Crippen LogP contribution in [0.3, 0.4) is 0 Å². The Hall–Kier alpha value is -5.20. The first-order chi connectivity index (χ1) is 21.8. The van der Waals surface area contributed by atoms with Crippen LogP contribution in [0.25, 0.3) is 27.7 Å². The average molecular weight is 633 g/mol. The van der Waals surface area contributed by atoms with Gasteiger partial charge in [-0.1, -0.05) is 26.5 Å². The summed E-state index contributed by atoms with van der Waals surface area (Å²) >= 11 is 0. The van der Waals surface area contributed by atoms with Gasteiger partial charge in [0.05, 0.1) is 46.0 Å². The number of carbonyl (C=O) groups is 2. The maximum Gasteiger partial charge on any atom is 0.281 e. The summed E-state index contributed by atoms with van der Waals surface area (Å²) in [5.74, 6) is -5.45. The second kappa shape index (κ2) is 11.0. The molecule has 2 unspecified atom stereocenters. The van der Waals surface area contributed by atoms with E-state index in [1.54, 1.807) is 18.7 Å². The Bertz CT molecular complexity index is 2020. The van der Waals surface area contributed by atoms with E-state index >= 15 is 13.2 Å². The molecule has 4 heterocycles. The predicted molar refractivity (Wildman–Crippen MR) is 167 cm³/mol. The highest BCUT2D eigenvalue weighted by molar-refractivity contribution is 6.13. The molecule has 0 spiro atoms. The number of aromatic nitrogens is 3. The molecule has 2 amide bonds. The van der Waals surface area contributed by atoms with Crippen LogP contribution in [0.5, 0.6) is 5.75 Å². The molecule has 1 fully saturated rings. The van der Waals surface area contributed by atoms with Gasteiger partial charge in [-0.05, 0) is 44.0 Å².